The van der Waals surface area contributed by atoms with E-state index in [0.717, 1.165) is 23.9 Å². The third-order valence-corrected chi connectivity index (χ3v) is 5.70. The van der Waals surface area contributed by atoms with E-state index in [1.54, 1.807) is 6.92 Å². The molecule has 0 spiro atoms. The number of halogens is 1. The molecule has 132 valence electrons. The number of hydrogen-bond acceptors (Lipinski definition) is 4. The van der Waals surface area contributed by atoms with E-state index in [1.165, 1.54) is 36.3 Å². The molecule has 2 N–H and O–H groups in total. The molecule has 1 saturated carbocycles. The van der Waals surface area contributed by atoms with Crippen LogP contribution in [0.3, 0.4) is 0 Å². The van der Waals surface area contributed by atoms with E-state index >= 15 is 0 Å². The summed E-state index contributed by atoms with van der Waals surface area (Å²) < 4.78 is 13.9. The Bertz CT molecular complexity index is 813. The van der Waals surface area contributed by atoms with E-state index in [0.29, 0.717) is 22.2 Å². The van der Waals surface area contributed by atoms with Crippen LogP contribution in [0.4, 0.5) is 10.1 Å². The topological polar surface area (TPSA) is 79.3 Å². The maximum Gasteiger partial charge on any atom is 0.307 e. The van der Waals surface area contributed by atoms with Crippen LogP contribution in [0.15, 0.2) is 18.2 Å². The molecule has 5 nitrogen and oxygen atoms in total. The van der Waals surface area contributed by atoms with Crippen molar-refractivity contribution < 1.29 is 19.1 Å². The highest BCUT2D eigenvalue weighted by atomic mass is 32.1. The molecule has 1 aromatic carbocycles. The lowest BCUT2D eigenvalue weighted by Gasteiger charge is -2.06. The summed E-state index contributed by atoms with van der Waals surface area (Å²) in [5.74, 6) is -1.62. The first-order valence-corrected chi connectivity index (χ1v) is 9.04. The van der Waals surface area contributed by atoms with Crippen LogP contribution in [0.1, 0.15) is 57.5 Å². The lowest BCUT2D eigenvalue weighted by Crippen LogP contribution is -2.12. The minimum atomic E-state index is -1.10. The van der Waals surface area contributed by atoms with Crippen LogP contribution in [0.2, 0.25) is 0 Å². The highest BCUT2D eigenvalue weighted by molar-refractivity contribution is 7.14. The van der Waals surface area contributed by atoms with Crippen molar-refractivity contribution >= 4 is 28.9 Å². The number of carbonyl (C=O) groups is 2. The van der Waals surface area contributed by atoms with E-state index in [-0.39, 0.29) is 11.5 Å². The number of benzene rings is 1. The number of carbonyl (C=O) groups excluding carboxylic acids is 1. The number of rotatable bonds is 5. The lowest BCUT2D eigenvalue weighted by molar-refractivity contribution is -0.136. The molecule has 0 saturated heterocycles. The third kappa shape index (κ3) is 4.04. The van der Waals surface area contributed by atoms with Gasteiger partial charge in [0.2, 0.25) is 0 Å². The number of thiazole rings is 1. The van der Waals surface area contributed by atoms with Crippen LogP contribution in [0.5, 0.6) is 0 Å². The Morgan fingerprint density at radius 1 is 1.36 bits per heavy atom. The van der Waals surface area contributed by atoms with Gasteiger partial charge in [-0.15, -0.1) is 11.3 Å². The molecule has 25 heavy (non-hydrogen) atoms. The van der Waals surface area contributed by atoms with Gasteiger partial charge in [0.15, 0.2) is 0 Å². The molecule has 7 heteroatoms. The quantitative estimate of drug-likeness (QED) is 0.838. The van der Waals surface area contributed by atoms with Gasteiger partial charge in [-0.05, 0) is 37.5 Å². The van der Waals surface area contributed by atoms with E-state index in [2.05, 4.69) is 10.3 Å². The zero-order valence-electron chi connectivity index (χ0n) is 13.8. The number of amides is 1. The first-order chi connectivity index (χ1) is 11.9. The lowest BCUT2D eigenvalue weighted by atomic mass is 10.1. The highest BCUT2D eigenvalue weighted by Crippen LogP contribution is 2.37. The van der Waals surface area contributed by atoms with E-state index in [4.69, 9.17) is 5.11 Å². The van der Waals surface area contributed by atoms with Crippen molar-refractivity contribution in [2.75, 3.05) is 5.32 Å². The van der Waals surface area contributed by atoms with E-state index < -0.39 is 18.2 Å². The molecule has 1 aliphatic rings. The smallest absolute Gasteiger partial charge is 0.307 e. The Hall–Kier alpha value is -2.28. The molecule has 1 fully saturated rings. The van der Waals surface area contributed by atoms with Crippen LogP contribution in [0, 0.1) is 12.7 Å². The Labute approximate surface area is 148 Å². The van der Waals surface area contributed by atoms with Crippen LogP contribution < -0.4 is 5.32 Å². The summed E-state index contributed by atoms with van der Waals surface area (Å²) >= 11 is 1.41. The minimum Gasteiger partial charge on any atom is -0.481 e. The zero-order chi connectivity index (χ0) is 18.0. The SMILES string of the molecule is Cc1nc(C2CCCC2)sc1C(=O)Nc1ccc(CC(=O)O)c(F)c1. The normalized spacial score (nSPS) is 14.6. The van der Waals surface area contributed by atoms with Crippen molar-refractivity contribution in [3.8, 4) is 0 Å². The number of anilines is 1. The average Bonchev–Trinajstić information content (AvgIpc) is 3.18. The van der Waals surface area contributed by atoms with Gasteiger partial charge in [-0.3, -0.25) is 9.59 Å². The maximum atomic E-state index is 13.9. The summed E-state index contributed by atoms with van der Waals surface area (Å²) in [6.45, 7) is 1.81. The molecule has 3 rings (SSSR count). The number of carboxylic acids is 1. The predicted octanol–water partition coefficient (Wildman–Crippen LogP) is 4.13. The standard InChI is InChI=1S/C18H19FN2O3S/c1-10-16(25-18(20-10)11-4-2-3-5-11)17(24)21-13-7-6-12(8-15(22)23)14(19)9-13/h6-7,9,11H,2-5,8H2,1H3,(H,21,24)(H,22,23). The summed E-state index contributed by atoms with van der Waals surface area (Å²) in [6, 6.07) is 4.03. The van der Waals surface area contributed by atoms with Gasteiger partial charge in [0, 0.05) is 11.6 Å². The second-order valence-corrected chi connectivity index (χ2v) is 7.31. The highest BCUT2D eigenvalue weighted by Gasteiger charge is 2.24. The molecule has 0 bridgehead atoms. The Morgan fingerprint density at radius 2 is 2.08 bits per heavy atom. The molecule has 1 aromatic heterocycles. The largest absolute Gasteiger partial charge is 0.481 e. The Kier molecular flexibility index (Phi) is 5.13. The van der Waals surface area contributed by atoms with Crippen molar-refractivity contribution in [3.63, 3.8) is 0 Å². The van der Waals surface area contributed by atoms with E-state index in [9.17, 15) is 14.0 Å². The van der Waals surface area contributed by atoms with Crippen molar-refractivity contribution in [2.45, 2.75) is 44.9 Å². The number of nitrogens with zero attached hydrogens (tertiary/aromatic N) is 1. The van der Waals surface area contributed by atoms with Gasteiger partial charge in [0.25, 0.3) is 5.91 Å². The fourth-order valence-corrected chi connectivity index (χ4v) is 4.23. The first-order valence-electron chi connectivity index (χ1n) is 8.23. The van der Waals surface area contributed by atoms with Gasteiger partial charge in [-0.1, -0.05) is 18.9 Å². The van der Waals surface area contributed by atoms with Gasteiger partial charge in [0.05, 0.1) is 17.1 Å². The molecule has 0 aliphatic heterocycles. The molecular formula is C18H19FN2O3S. The average molecular weight is 362 g/mol. The monoisotopic (exact) mass is 362 g/mol. The van der Waals surface area contributed by atoms with Crippen molar-refractivity contribution in [3.05, 3.63) is 45.2 Å². The number of nitrogens with one attached hydrogen (secondary N) is 1. The summed E-state index contributed by atoms with van der Waals surface area (Å²) in [4.78, 5) is 28.2. The molecule has 1 amide bonds. The fraction of sp³-hybridized carbons (Fsp3) is 0.389. The first kappa shape index (κ1) is 17.5. The molecule has 0 radical (unpaired) electrons. The zero-order valence-corrected chi connectivity index (χ0v) is 14.7. The number of aliphatic carboxylic acids is 1. The minimum absolute atomic E-state index is 0.0861. The third-order valence-electron chi connectivity index (χ3n) is 4.38. The molecule has 0 atom stereocenters. The van der Waals surface area contributed by atoms with Gasteiger partial charge in [0.1, 0.15) is 10.7 Å². The number of carboxylic acid groups (broad SMARTS) is 1. The number of hydrogen-bond donors (Lipinski definition) is 2. The van der Waals surface area contributed by atoms with Crippen LogP contribution in [-0.4, -0.2) is 22.0 Å². The summed E-state index contributed by atoms with van der Waals surface area (Å²) in [6.07, 6.45) is 4.24. The fourth-order valence-electron chi connectivity index (χ4n) is 3.09. The second kappa shape index (κ2) is 7.31. The van der Waals surface area contributed by atoms with Crippen LogP contribution in [-0.2, 0) is 11.2 Å². The molecule has 0 unspecified atom stereocenters. The molecule has 2 aromatic rings. The van der Waals surface area contributed by atoms with Gasteiger partial charge in [-0.25, -0.2) is 9.37 Å². The number of aryl methyl sites for hydroxylation is 1. The predicted molar refractivity (Wildman–Crippen MR) is 93.8 cm³/mol. The molecular weight excluding hydrogens is 343 g/mol. The number of aromatic nitrogens is 1. The van der Waals surface area contributed by atoms with Crippen molar-refractivity contribution in [2.24, 2.45) is 0 Å². The van der Waals surface area contributed by atoms with Crippen molar-refractivity contribution in [1.29, 1.82) is 0 Å². The van der Waals surface area contributed by atoms with Gasteiger partial charge in [-0.2, -0.15) is 0 Å². The van der Waals surface area contributed by atoms with Gasteiger partial charge >= 0.3 is 5.97 Å². The second-order valence-electron chi connectivity index (χ2n) is 6.28. The Balaban J connectivity index is 1.74. The summed E-state index contributed by atoms with van der Waals surface area (Å²) in [7, 11) is 0. The summed E-state index contributed by atoms with van der Waals surface area (Å²) in [5.41, 5.74) is 1.07. The van der Waals surface area contributed by atoms with Gasteiger partial charge < -0.3 is 10.4 Å². The molecule has 1 heterocycles. The van der Waals surface area contributed by atoms with Crippen LogP contribution in [0.25, 0.3) is 0 Å². The summed E-state index contributed by atoms with van der Waals surface area (Å²) in [5, 5.41) is 12.4. The maximum absolute atomic E-state index is 13.9. The van der Waals surface area contributed by atoms with Crippen LogP contribution >= 0.6 is 11.3 Å². The Morgan fingerprint density at radius 3 is 2.72 bits per heavy atom. The van der Waals surface area contributed by atoms with E-state index in [1.807, 2.05) is 0 Å². The van der Waals surface area contributed by atoms with Crippen molar-refractivity contribution in [1.82, 2.24) is 4.98 Å². The molecule has 1 aliphatic carbocycles.